The SMILES string of the molecule is CC(C)[C@]1(C(=O)N2CCN(c3cc(C(F)(F)F)ncn3)CC2)CC[C@@H](N=C2CCOC[C@H]2C)C1. The van der Waals surface area contributed by atoms with Crippen LogP contribution in [0.3, 0.4) is 0 Å². The van der Waals surface area contributed by atoms with E-state index in [-0.39, 0.29) is 23.7 Å². The number of aromatic nitrogens is 2. The molecule has 3 aliphatic rings. The number of aliphatic imine (C=N–C) groups is 1. The van der Waals surface area contributed by atoms with Gasteiger partial charge in [0, 0.05) is 50.3 Å². The number of hydrogen-bond donors (Lipinski definition) is 0. The summed E-state index contributed by atoms with van der Waals surface area (Å²) in [6, 6.07) is 1.13. The quantitative estimate of drug-likeness (QED) is 0.654. The maximum atomic E-state index is 13.8. The molecule has 34 heavy (non-hydrogen) atoms. The summed E-state index contributed by atoms with van der Waals surface area (Å²) in [7, 11) is 0. The Morgan fingerprint density at radius 3 is 2.62 bits per heavy atom. The van der Waals surface area contributed by atoms with Crippen LogP contribution in [0.5, 0.6) is 0 Å². The third-order valence-electron chi connectivity index (χ3n) is 7.68. The molecule has 3 fully saturated rings. The summed E-state index contributed by atoms with van der Waals surface area (Å²) < 4.78 is 44.6. The Balaban J connectivity index is 1.42. The van der Waals surface area contributed by atoms with Crippen molar-refractivity contribution in [3.8, 4) is 0 Å². The Bertz CT molecular complexity index is 914. The number of anilines is 1. The highest BCUT2D eigenvalue weighted by Crippen LogP contribution is 2.47. The normalized spacial score (nSPS) is 29.8. The van der Waals surface area contributed by atoms with Gasteiger partial charge >= 0.3 is 6.18 Å². The molecule has 0 radical (unpaired) electrons. The minimum atomic E-state index is -4.51. The first kappa shape index (κ1) is 24.9. The molecule has 10 heteroatoms. The van der Waals surface area contributed by atoms with Crippen molar-refractivity contribution in [3.63, 3.8) is 0 Å². The van der Waals surface area contributed by atoms with E-state index in [4.69, 9.17) is 9.73 Å². The molecule has 1 aliphatic carbocycles. The number of halogens is 3. The van der Waals surface area contributed by atoms with E-state index in [1.807, 2.05) is 4.90 Å². The Morgan fingerprint density at radius 1 is 1.24 bits per heavy atom. The zero-order chi connectivity index (χ0) is 24.5. The van der Waals surface area contributed by atoms with Crippen molar-refractivity contribution < 1.29 is 22.7 Å². The molecule has 0 aromatic carbocycles. The summed E-state index contributed by atoms with van der Waals surface area (Å²) in [5, 5.41) is 0. The van der Waals surface area contributed by atoms with Gasteiger partial charge in [0.15, 0.2) is 0 Å². The third kappa shape index (κ3) is 5.06. The molecule has 1 saturated carbocycles. The first-order valence-corrected chi connectivity index (χ1v) is 12.2. The molecule has 188 valence electrons. The molecule has 4 rings (SSSR count). The minimum absolute atomic E-state index is 0.156. The molecule has 2 aliphatic heterocycles. The van der Waals surface area contributed by atoms with E-state index in [0.717, 1.165) is 38.1 Å². The van der Waals surface area contributed by atoms with Gasteiger partial charge in [0.1, 0.15) is 17.8 Å². The van der Waals surface area contributed by atoms with Crippen molar-refractivity contribution in [2.45, 2.75) is 58.7 Å². The van der Waals surface area contributed by atoms with E-state index in [1.165, 1.54) is 5.71 Å². The lowest BCUT2D eigenvalue weighted by Gasteiger charge is -2.42. The van der Waals surface area contributed by atoms with E-state index in [0.29, 0.717) is 45.3 Å². The van der Waals surface area contributed by atoms with Crippen molar-refractivity contribution in [1.82, 2.24) is 14.9 Å². The van der Waals surface area contributed by atoms with Gasteiger partial charge in [0.05, 0.1) is 24.7 Å². The Kier molecular flexibility index (Phi) is 7.17. The van der Waals surface area contributed by atoms with Crippen LogP contribution in [0.15, 0.2) is 17.4 Å². The molecule has 0 bridgehead atoms. The molecule has 1 amide bonds. The summed E-state index contributed by atoms with van der Waals surface area (Å²) in [6.07, 6.45) is -0.227. The first-order valence-electron chi connectivity index (χ1n) is 12.2. The zero-order valence-corrected chi connectivity index (χ0v) is 20.1. The topological polar surface area (TPSA) is 70.9 Å². The number of carbonyl (C=O) groups excluding carboxylic acids is 1. The standard InChI is InChI=1S/C24H34F3N5O2/c1-16(2)23(6-4-18(13-23)30-19-5-11-34-14-17(19)3)22(33)32-9-7-31(8-10-32)21-12-20(24(25,26)27)28-15-29-21/h12,15-18H,4-11,13-14H2,1-3H3/t17-,18-,23+/m1/s1. The van der Waals surface area contributed by atoms with Crippen molar-refractivity contribution >= 4 is 17.4 Å². The van der Waals surface area contributed by atoms with E-state index < -0.39 is 17.3 Å². The van der Waals surface area contributed by atoms with E-state index in [9.17, 15) is 18.0 Å². The summed E-state index contributed by atoms with van der Waals surface area (Å²) in [5.41, 5.74) is -0.184. The molecule has 2 saturated heterocycles. The van der Waals surface area contributed by atoms with Gasteiger partial charge in [-0.25, -0.2) is 9.97 Å². The molecule has 0 N–H and O–H groups in total. The van der Waals surface area contributed by atoms with Crippen molar-refractivity contribution in [1.29, 1.82) is 0 Å². The number of ether oxygens (including phenoxy) is 1. The van der Waals surface area contributed by atoms with Crippen LogP contribution in [0.4, 0.5) is 19.0 Å². The number of alkyl halides is 3. The average Bonchev–Trinajstić information content (AvgIpc) is 3.25. The van der Waals surface area contributed by atoms with Crippen LogP contribution in [-0.4, -0.2) is 71.9 Å². The van der Waals surface area contributed by atoms with Gasteiger partial charge in [-0.3, -0.25) is 9.79 Å². The van der Waals surface area contributed by atoms with Crippen LogP contribution >= 0.6 is 0 Å². The summed E-state index contributed by atoms with van der Waals surface area (Å²) >= 11 is 0. The molecule has 1 aromatic rings. The lowest BCUT2D eigenvalue weighted by atomic mass is 9.74. The number of amides is 1. The summed E-state index contributed by atoms with van der Waals surface area (Å²) in [4.78, 5) is 29.8. The largest absolute Gasteiger partial charge is 0.433 e. The predicted molar refractivity (Wildman–Crippen MR) is 123 cm³/mol. The lowest BCUT2D eigenvalue weighted by molar-refractivity contribution is -0.145. The number of carbonyl (C=O) groups is 1. The summed E-state index contributed by atoms with van der Waals surface area (Å²) in [6.45, 7) is 9.60. The highest BCUT2D eigenvalue weighted by atomic mass is 19.4. The number of rotatable bonds is 4. The van der Waals surface area contributed by atoms with Gasteiger partial charge in [0.2, 0.25) is 5.91 Å². The van der Waals surface area contributed by atoms with Gasteiger partial charge < -0.3 is 14.5 Å². The number of hydrogen-bond acceptors (Lipinski definition) is 6. The van der Waals surface area contributed by atoms with Gasteiger partial charge in [-0.15, -0.1) is 0 Å². The van der Waals surface area contributed by atoms with Crippen molar-refractivity contribution in [2.24, 2.45) is 22.2 Å². The maximum absolute atomic E-state index is 13.8. The zero-order valence-electron chi connectivity index (χ0n) is 20.1. The Morgan fingerprint density at radius 2 is 1.97 bits per heavy atom. The smallest absolute Gasteiger partial charge is 0.380 e. The molecule has 1 aromatic heterocycles. The second kappa shape index (κ2) is 9.79. The van der Waals surface area contributed by atoms with Gasteiger partial charge in [-0.1, -0.05) is 20.8 Å². The van der Waals surface area contributed by atoms with Crippen LogP contribution in [0, 0.1) is 17.3 Å². The highest BCUT2D eigenvalue weighted by Gasteiger charge is 2.49. The minimum Gasteiger partial charge on any atom is -0.380 e. The monoisotopic (exact) mass is 481 g/mol. The molecule has 7 nitrogen and oxygen atoms in total. The van der Waals surface area contributed by atoms with Crippen LogP contribution in [-0.2, 0) is 15.7 Å². The second-order valence-corrected chi connectivity index (χ2v) is 10.1. The average molecular weight is 482 g/mol. The van der Waals surface area contributed by atoms with Gasteiger partial charge in [-0.05, 0) is 25.2 Å². The molecular formula is C24H34F3N5O2. The van der Waals surface area contributed by atoms with Crippen molar-refractivity contribution in [3.05, 3.63) is 18.1 Å². The van der Waals surface area contributed by atoms with Crippen molar-refractivity contribution in [2.75, 3.05) is 44.3 Å². The molecule has 3 heterocycles. The van der Waals surface area contributed by atoms with Crippen LogP contribution < -0.4 is 4.90 Å². The van der Waals surface area contributed by atoms with E-state index in [2.05, 4.69) is 30.7 Å². The third-order valence-corrected chi connectivity index (χ3v) is 7.68. The molecule has 3 atom stereocenters. The lowest BCUT2D eigenvalue weighted by Crippen LogP contribution is -2.54. The van der Waals surface area contributed by atoms with Crippen LogP contribution in [0.1, 0.15) is 52.1 Å². The van der Waals surface area contributed by atoms with Gasteiger partial charge in [0.25, 0.3) is 0 Å². The fraction of sp³-hybridized carbons (Fsp3) is 0.750. The molecular weight excluding hydrogens is 447 g/mol. The first-order chi connectivity index (χ1) is 16.1. The fourth-order valence-corrected chi connectivity index (χ4v) is 5.46. The predicted octanol–water partition coefficient (Wildman–Crippen LogP) is 3.84. The number of nitrogens with zero attached hydrogens (tertiary/aromatic N) is 5. The second-order valence-electron chi connectivity index (χ2n) is 10.1. The van der Waals surface area contributed by atoms with Gasteiger partial charge in [-0.2, -0.15) is 13.2 Å². The summed E-state index contributed by atoms with van der Waals surface area (Å²) in [5.74, 6) is 0.914. The Hall–Kier alpha value is -2.23. The van der Waals surface area contributed by atoms with E-state index in [1.54, 1.807) is 4.90 Å². The molecule has 0 unspecified atom stereocenters. The molecule has 0 spiro atoms. The maximum Gasteiger partial charge on any atom is 0.433 e. The van der Waals surface area contributed by atoms with Crippen LogP contribution in [0.25, 0.3) is 0 Å². The fourth-order valence-electron chi connectivity index (χ4n) is 5.46. The van der Waals surface area contributed by atoms with Crippen LogP contribution in [0.2, 0.25) is 0 Å². The highest BCUT2D eigenvalue weighted by molar-refractivity contribution is 5.88. The van der Waals surface area contributed by atoms with E-state index >= 15 is 0 Å². The number of piperazine rings is 1. The Labute approximate surface area is 198 Å².